The highest BCUT2D eigenvalue weighted by Crippen LogP contribution is 2.23. The number of nitrogens with zero attached hydrogens (tertiary/aromatic N) is 4. The number of anilines is 2. The van der Waals surface area contributed by atoms with E-state index in [9.17, 15) is 4.79 Å². The van der Waals surface area contributed by atoms with Crippen molar-refractivity contribution in [3.63, 3.8) is 0 Å². The molecule has 2 aromatic rings. The van der Waals surface area contributed by atoms with Gasteiger partial charge in [-0.3, -0.25) is 4.79 Å². The average molecular weight is 396 g/mol. The Hall–Kier alpha value is -2.67. The highest BCUT2D eigenvalue weighted by Gasteiger charge is 2.25. The van der Waals surface area contributed by atoms with E-state index in [4.69, 9.17) is 4.74 Å². The molecule has 0 aliphatic carbocycles. The fourth-order valence-corrected chi connectivity index (χ4v) is 3.96. The van der Waals surface area contributed by atoms with Gasteiger partial charge in [-0.1, -0.05) is 29.8 Å². The number of nitrogens with one attached hydrogen (secondary N) is 1. The van der Waals surface area contributed by atoms with E-state index >= 15 is 0 Å². The van der Waals surface area contributed by atoms with Crippen LogP contribution in [0.3, 0.4) is 0 Å². The summed E-state index contributed by atoms with van der Waals surface area (Å²) in [6.07, 6.45) is 5.50. The Balaban J connectivity index is 1.26. The van der Waals surface area contributed by atoms with Crippen LogP contribution in [0.25, 0.3) is 0 Å². The lowest BCUT2D eigenvalue weighted by atomic mass is 9.95. The van der Waals surface area contributed by atoms with E-state index in [-0.39, 0.29) is 11.8 Å². The second-order valence-corrected chi connectivity index (χ2v) is 7.81. The molecule has 2 saturated heterocycles. The largest absolute Gasteiger partial charge is 0.378 e. The number of aryl methyl sites for hydroxylation is 1. The number of benzene rings is 1. The molecule has 4 rings (SSSR count). The predicted octanol–water partition coefficient (Wildman–Crippen LogP) is 2.15. The van der Waals surface area contributed by atoms with Crippen molar-refractivity contribution in [1.82, 2.24) is 15.3 Å². The Morgan fingerprint density at radius 2 is 1.83 bits per heavy atom. The van der Waals surface area contributed by atoms with E-state index in [1.807, 2.05) is 18.5 Å². The predicted molar refractivity (Wildman–Crippen MR) is 113 cm³/mol. The van der Waals surface area contributed by atoms with Crippen LogP contribution in [0, 0.1) is 12.8 Å². The van der Waals surface area contributed by atoms with Crippen molar-refractivity contribution in [2.75, 3.05) is 49.2 Å². The fraction of sp³-hybridized carbons (Fsp3) is 0.500. The number of rotatable bonds is 5. The van der Waals surface area contributed by atoms with Crippen LogP contribution in [0.1, 0.15) is 24.0 Å². The molecule has 154 valence electrons. The molecule has 1 amide bonds. The van der Waals surface area contributed by atoms with Crippen LogP contribution in [-0.2, 0) is 16.1 Å². The summed E-state index contributed by atoms with van der Waals surface area (Å²) in [7, 11) is 0. The van der Waals surface area contributed by atoms with Crippen molar-refractivity contribution in [3.8, 4) is 0 Å². The third-order valence-corrected chi connectivity index (χ3v) is 5.70. The van der Waals surface area contributed by atoms with Crippen LogP contribution in [0.5, 0.6) is 0 Å². The van der Waals surface area contributed by atoms with E-state index in [0.29, 0.717) is 6.54 Å². The fourth-order valence-electron chi connectivity index (χ4n) is 3.96. The van der Waals surface area contributed by atoms with Crippen LogP contribution >= 0.6 is 0 Å². The number of ether oxygens (including phenoxy) is 1. The monoisotopic (exact) mass is 395 g/mol. The van der Waals surface area contributed by atoms with Gasteiger partial charge in [-0.2, -0.15) is 0 Å². The molecule has 7 nitrogen and oxygen atoms in total. The maximum atomic E-state index is 12.5. The van der Waals surface area contributed by atoms with Gasteiger partial charge in [0.2, 0.25) is 11.9 Å². The Labute approximate surface area is 172 Å². The molecule has 0 saturated carbocycles. The summed E-state index contributed by atoms with van der Waals surface area (Å²) >= 11 is 0. The molecule has 29 heavy (non-hydrogen) atoms. The lowest BCUT2D eigenvalue weighted by Crippen LogP contribution is -2.40. The van der Waals surface area contributed by atoms with E-state index in [2.05, 4.69) is 50.2 Å². The van der Waals surface area contributed by atoms with Crippen molar-refractivity contribution >= 4 is 17.5 Å². The molecule has 2 fully saturated rings. The van der Waals surface area contributed by atoms with Crippen LogP contribution in [0.4, 0.5) is 11.6 Å². The van der Waals surface area contributed by atoms with E-state index < -0.39 is 0 Å². The molecule has 1 aromatic carbocycles. The number of piperidine rings is 1. The topological polar surface area (TPSA) is 70.6 Å². The number of hydrogen-bond acceptors (Lipinski definition) is 6. The third kappa shape index (κ3) is 5.03. The summed E-state index contributed by atoms with van der Waals surface area (Å²) in [6, 6.07) is 8.26. The van der Waals surface area contributed by atoms with Gasteiger partial charge < -0.3 is 19.9 Å². The summed E-state index contributed by atoms with van der Waals surface area (Å²) in [6.45, 7) is 7.49. The quantitative estimate of drug-likeness (QED) is 0.837. The van der Waals surface area contributed by atoms with Gasteiger partial charge in [0, 0.05) is 38.6 Å². The molecular formula is C22H29N5O2. The van der Waals surface area contributed by atoms with Crippen molar-refractivity contribution in [3.05, 3.63) is 47.8 Å². The standard InChI is InChI=1S/C22H29N5O2/c1-17-3-2-4-18(13-17)14-23-21(28)19-5-7-26(8-6-19)20-15-24-22(25-16-20)27-9-11-29-12-10-27/h2-4,13,15-16,19H,5-12,14H2,1H3,(H,23,28). The van der Waals surface area contributed by atoms with Gasteiger partial charge >= 0.3 is 0 Å². The van der Waals surface area contributed by atoms with Gasteiger partial charge in [0.25, 0.3) is 0 Å². The number of morpholine rings is 1. The number of carbonyl (C=O) groups is 1. The van der Waals surface area contributed by atoms with Gasteiger partial charge in [-0.15, -0.1) is 0 Å². The minimum Gasteiger partial charge on any atom is -0.378 e. The number of carbonyl (C=O) groups excluding carboxylic acids is 1. The number of hydrogen-bond donors (Lipinski definition) is 1. The normalized spacial score (nSPS) is 18.0. The summed E-state index contributed by atoms with van der Waals surface area (Å²) in [5, 5.41) is 3.10. The smallest absolute Gasteiger partial charge is 0.225 e. The molecule has 1 N–H and O–H groups in total. The Morgan fingerprint density at radius 3 is 2.52 bits per heavy atom. The molecule has 2 aliphatic rings. The lowest BCUT2D eigenvalue weighted by molar-refractivity contribution is -0.125. The molecule has 3 heterocycles. The zero-order valence-corrected chi connectivity index (χ0v) is 17.0. The Morgan fingerprint density at radius 1 is 1.10 bits per heavy atom. The van der Waals surface area contributed by atoms with Crippen LogP contribution in [-0.4, -0.2) is 55.3 Å². The van der Waals surface area contributed by atoms with Crippen molar-refractivity contribution in [2.24, 2.45) is 5.92 Å². The SMILES string of the molecule is Cc1cccc(CNC(=O)C2CCN(c3cnc(N4CCOCC4)nc3)CC2)c1. The minimum atomic E-state index is 0.0737. The minimum absolute atomic E-state index is 0.0737. The van der Waals surface area contributed by atoms with Gasteiger partial charge in [-0.05, 0) is 25.3 Å². The first-order valence-corrected chi connectivity index (χ1v) is 10.4. The highest BCUT2D eigenvalue weighted by molar-refractivity contribution is 5.79. The first kappa shape index (κ1) is 19.6. The van der Waals surface area contributed by atoms with Crippen molar-refractivity contribution < 1.29 is 9.53 Å². The van der Waals surface area contributed by atoms with Crippen molar-refractivity contribution in [2.45, 2.75) is 26.3 Å². The summed E-state index contributed by atoms with van der Waals surface area (Å²) < 4.78 is 5.38. The van der Waals surface area contributed by atoms with Gasteiger partial charge in [0.1, 0.15) is 0 Å². The van der Waals surface area contributed by atoms with Gasteiger partial charge in [0.15, 0.2) is 0 Å². The molecule has 0 bridgehead atoms. The average Bonchev–Trinajstić information content (AvgIpc) is 2.78. The molecule has 0 unspecified atom stereocenters. The number of aromatic nitrogens is 2. The lowest BCUT2D eigenvalue weighted by Gasteiger charge is -2.33. The molecule has 0 radical (unpaired) electrons. The molecule has 0 spiro atoms. The van der Waals surface area contributed by atoms with Crippen LogP contribution in [0.2, 0.25) is 0 Å². The van der Waals surface area contributed by atoms with Gasteiger partial charge in [0.05, 0.1) is 31.3 Å². The first-order valence-electron chi connectivity index (χ1n) is 10.4. The van der Waals surface area contributed by atoms with Crippen LogP contribution < -0.4 is 15.1 Å². The van der Waals surface area contributed by atoms with E-state index in [1.54, 1.807) is 0 Å². The molecule has 7 heteroatoms. The Kier molecular flexibility index (Phi) is 6.24. The second-order valence-electron chi connectivity index (χ2n) is 7.81. The second kappa shape index (κ2) is 9.22. The van der Waals surface area contributed by atoms with Crippen molar-refractivity contribution in [1.29, 1.82) is 0 Å². The third-order valence-electron chi connectivity index (χ3n) is 5.70. The molecular weight excluding hydrogens is 366 g/mol. The molecule has 1 aromatic heterocycles. The molecule has 0 atom stereocenters. The summed E-state index contributed by atoms with van der Waals surface area (Å²) in [5.74, 6) is 0.997. The van der Waals surface area contributed by atoms with Crippen LogP contribution in [0.15, 0.2) is 36.7 Å². The summed E-state index contributed by atoms with van der Waals surface area (Å²) in [5.41, 5.74) is 3.39. The van der Waals surface area contributed by atoms with E-state index in [0.717, 1.165) is 69.4 Å². The highest BCUT2D eigenvalue weighted by atomic mass is 16.5. The Bertz CT molecular complexity index is 812. The molecule has 2 aliphatic heterocycles. The first-order chi connectivity index (χ1) is 14.2. The summed E-state index contributed by atoms with van der Waals surface area (Å²) in [4.78, 5) is 26.1. The zero-order valence-electron chi connectivity index (χ0n) is 17.0. The van der Waals surface area contributed by atoms with E-state index in [1.165, 1.54) is 5.56 Å². The zero-order chi connectivity index (χ0) is 20.1. The maximum absolute atomic E-state index is 12.5. The van der Waals surface area contributed by atoms with Gasteiger partial charge in [-0.25, -0.2) is 9.97 Å². The number of amides is 1. The maximum Gasteiger partial charge on any atom is 0.225 e.